The maximum Gasteiger partial charge on any atom is 0.281 e. The lowest BCUT2D eigenvalue weighted by atomic mass is 10.0. The first-order chi connectivity index (χ1) is 8.41. The van der Waals surface area contributed by atoms with Crippen LogP contribution in [0.5, 0.6) is 0 Å². The third kappa shape index (κ3) is 2.91. The summed E-state index contributed by atoms with van der Waals surface area (Å²) in [6.07, 6.45) is 0.755. The van der Waals surface area contributed by atoms with Crippen molar-refractivity contribution in [1.82, 2.24) is 8.61 Å². The minimum Gasteiger partial charge on any atom is -0.195 e. The van der Waals surface area contributed by atoms with Gasteiger partial charge in [0.2, 0.25) is 0 Å². The van der Waals surface area contributed by atoms with Crippen LogP contribution in [0, 0.1) is 13.8 Å². The summed E-state index contributed by atoms with van der Waals surface area (Å²) >= 11 is 0. The molecule has 1 aromatic carbocycles. The monoisotopic (exact) mass is 268 g/mol. The third-order valence-corrected chi connectivity index (χ3v) is 5.40. The van der Waals surface area contributed by atoms with Crippen molar-refractivity contribution < 1.29 is 8.42 Å². The fourth-order valence-electron chi connectivity index (χ4n) is 1.83. The summed E-state index contributed by atoms with van der Waals surface area (Å²) in [7, 11) is -1.54. The minimum absolute atomic E-state index is 0.529. The van der Waals surface area contributed by atoms with E-state index in [1.54, 1.807) is 7.05 Å². The third-order valence-electron chi connectivity index (χ3n) is 3.41. The fourth-order valence-corrected chi connectivity index (χ4v) is 3.09. The minimum atomic E-state index is -3.19. The Morgan fingerprint density at radius 1 is 1.22 bits per heavy atom. The van der Waals surface area contributed by atoms with Crippen molar-refractivity contribution in [3.63, 3.8) is 0 Å². The van der Waals surface area contributed by atoms with Gasteiger partial charge in [-0.15, -0.1) is 0 Å². The van der Waals surface area contributed by atoms with Crippen molar-refractivity contribution in [3.05, 3.63) is 34.9 Å². The second-order valence-electron chi connectivity index (χ2n) is 4.90. The normalized spacial score (nSPS) is 16.2. The highest BCUT2D eigenvalue weighted by Gasteiger charge is 2.34. The lowest BCUT2D eigenvalue weighted by Crippen LogP contribution is -2.33. The van der Waals surface area contributed by atoms with E-state index in [9.17, 15) is 8.42 Å². The smallest absolute Gasteiger partial charge is 0.195 e. The quantitative estimate of drug-likeness (QED) is 0.756. The fraction of sp³-hybridized carbons (Fsp3) is 0.538. The number of hydrogen-bond donors (Lipinski definition) is 0. The van der Waals surface area contributed by atoms with E-state index in [2.05, 4.69) is 32.0 Å². The van der Waals surface area contributed by atoms with Crippen molar-refractivity contribution in [2.24, 2.45) is 0 Å². The van der Waals surface area contributed by atoms with E-state index < -0.39 is 10.2 Å². The summed E-state index contributed by atoms with van der Waals surface area (Å²) in [5.41, 5.74) is 3.71. The Hall–Kier alpha value is -0.910. The summed E-state index contributed by atoms with van der Waals surface area (Å²) in [4.78, 5) is 0. The summed E-state index contributed by atoms with van der Waals surface area (Å²) < 4.78 is 26.7. The van der Waals surface area contributed by atoms with Crippen LogP contribution in [0.2, 0.25) is 0 Å². The maximum atomic E-state index is 11.9. The van der Waals surface area contributed by atoms with Crippen LogP contribution in [0.25, 0.3) is 0 Å². The van der Waals surface area contributed by atoms with Gasteiger partial charge in [0.1, 0.15) is 0 Å². The summed E-state index contributed by atoms with van der Waals surface area (Å²) in [5, 5.41) is 0. The topological polar surface area (TPSA) is 40.4 Å². The van der Waals surface area contributed by atoms with Gasteiger partial charge in [0.05, 0.1) is 0 Å². The number of aryl methyl sites for hydroxylation is 2. The van der Waals surface area contributed by atoms with Gasteiger partial charge >= 0.3 is 0 Å². The molecule has 1 fully saturated rings. The Kier molecular flexibility index (Phi) is 3.75. The van der Waals surface area contributed by atoms with Gasteiger partial charge in [0, 0.05) is 26.7 Å². The van der Waals surface area contributed by atoms with Crippen LogP contribution in [0.4, 0.5) is 0 Å². The van der Waals surface area contributed by atoms with E-state index in [1.165, 1.54) is 25.3 Å². The molecule has 0 N–H and O–H groups in total. The van der Waals surface area contributed by atoms with Crippen LogP contribution < -0.4 is 0 Å². The molecule has 2 rings (SSSR count). The van der Waals surface area contributed by atoms with Crippen molar-refractivity contribution in [2.45, 2.75) is 20.3 Å². The van der Waals surface area contributed by atoms with Gasteiger partial charge in [0.15, 0.2) is 0 Å². The molecule has 0 aromatic heterocycles. The molecule has 1 aliphatic rings. The summed E-state index contributed by atoms with van der Waals surface area (Å²) in [6, 6.07) is 6.29. The first-order valence-electron chi connectivity index (χ1n) is 6.19. The first kappa shape index (κ1) is 13.5. The van der Waals surface area contributed by atoms with Gasteiger partial charge in [-0.25, -0.2) is 0 Å². The number of benzene rings is 1. The molecular formula is C13H20N2O2S. The highest BCUT2D eigenvalue weighted by atomic mass is 32.2. The Labute approximate surface area is 109 Å². The molecule has 1 aliphatic heterocycles. The highest BCUT2D eigenvalue weighted by molar-refractivity contribution is 7.87. The van der Waals surface area contributed by atoms with Crippen molar-refractivity contribution >= 4 is 10.2 Å². The molecule has 0 unspecified atom stereocenters. The lowest BCUT2D eigenvalue weighted by Gasteiger charge is -2.17. The van der Waals surface area contributed by atoms with E-state index in [1.807, 2.05) is 0 Å². The molecule has 1 heterocycles. The second-order valence-corrected chi connectivity index (χ2v) is 6.93. The lowest BCUT2D eigenvalue weighted by molar-refractivity contribution is 0.445. The average molecular weight is 268 g/mol. The molecule has 0 amide bonds. The Morgan fingerprint density at radius 3 is 2.44 bits per heavy atom. The Morgan fingerprint density at radius 2 is 1.89 bits per heavy atom. The van der Waals surface area contributed by atoms with Crippen LogP contribution in [-0.4, -0.2) is 43.7 Å². The SMILES string of the molecule is Cc1ccc(CCN(C)S(=O)(=O)N2CC2)cc1C. The number of likely N-dealkylation sites (N-methyl/N-ethyl adjacent to an activating group) is 1. The molecular weight excluding hydrogens is 248 g/mol. The van der Waals surface area contributed by atoms with E-state index >= 15 is 0 Å². The molecule has 100 valence electrons. The molecule has 5 heteroatoms. The van der Waals surface area contributed by atoms with E-state index in [0.29, 0.717) is 19.6 Å². The molecule has 4 nitrogen and oxygen atoms in total. The van der Waals surface area contributed by atoms with Crippen LogP contribution in [-0.2, 0) is 16.6 Å². The molecule has 0 atom stereocenters. The van der Waals surface area contributed by atoms with Gasteiger partial charge in [-0.2, -0.15) is 17.0 Å². The van der Waals surface area contributed by atoms with Gasteiger partial charge in [-0.1, -0.05) is 18.2 Å². The summed E-state index contributed by atoms with van der Waals surface area (Å²) in [5.74, 6) is 0. The first-order valence-corrected chi connectivity index (χ1v) is 7.58. The zero-order chi connectivity index (χ0) is 13.3. The highest BCUT2D eigenvalue weighted by Crippen LogP contribution is 2.16. The average Bonchev–Trinajstić information content (AvgIpc) is 3.14. The van der Waals surface area contributed by atoms with Gasteiger partial charge < -0.3 is 0 Å². The number of rotatable bonds is 5. The Bertz CT molecular complexity index is 536. The predicted molar refractivity (Wildman–Crippen MR) is 72.7 cm³/mol. The molecule has 0 saturated carbocycles. The molecule has 1 aromatic rings. The van der Waals surface area contributed by atoms with Crippen molar-refractivity contribution in [3.8, 4) is 0 Å². The van der Waals surface area contributed by atoms with Crippen LogP contribution >= 0.6 is 0 Å². The maximum absolute atomic E-state index is 11.9. The zero-order valence-electron chi connectivity index (χ0n) is 11.2. The molecule has 0 bridgehead atoms. The van der Waals surface area contributed by atoms with Gasteiger partial charge in [-0.05, 0) is 37.0 Å². The van der Waals surface area contributed by atoms with Crippen molar-refractivity contribution in [1.29, 1.82) is 0 Å². The second kappa shape index (κ2) is 4.99. The standard InChI is InChI=1S/C13H20N2O2S/c1-11-4-5-13(10-12(11)2)6-7-14(3)18(16,17)15-8-9-15/h4-5,10H,6-9H2,1-3H3. The van der Waals surface area contributed by atoms with Crippen LogP contribution in [0.3, 0.4) is 0 Å². The number of nitrogens with zero attached hydrogens (tertiary/aromatic N) is 2. The van der Waals surface area contributed by atoms with Crippen LogP contribution in [0.1, 0.15) is 16.7 Å². The van der Waals surface area contributed by atoms with Gasteiger partial charge in [-0.3, -0.25) is 0 Å². The molecule has 0 radical (unpaired) electrons. The van der Waals surface area contributed by atoms with E-state index in [-0.39, 0.29) is 0 Å². The summed E-state index contributed by atoms with van der Waals surface area (Å²) in [6.45, 7) is 6.01. The molecule has 0 aliphatic carbocycles. The van der Waals surface area contributed by atoms with Gasteiger partial charge in [0.25, 0.3) is 10.2 Å². The van der Waals surface area contributed by atoms with E-state index in [4.69, 9.17) is 0 Å². The molecule has 0 spiro atoms. The van der Waals surface area contributed by atoms with E-state index in [0.717, 1.165) is 6.42 Å². The van der Waals surface area contributed by atoms with Crippen molar-refractivity contribution in [2.75, 3.05) is 26.7 Å². The Balaban J connectivity index is 1.96. The largest absolute Gasteiger partial charge is 0.281 e. The molecule has 1 saturated heterocycles. The molecule has 18 heavy (non-hydrogen) atoms. The predicted octanol–water partition coefficient (Wildman–Crippen LogP) is 1.34. The van der Waals surface area contributed by atoms with Crippen LogP contribution in [0.15, 0.2) is 18.2 Å². The number of hydrogen-bond acceptors (Lipinski definition) is 2. The zero-order valence-corrected chi connectivity index (χ0v) is 12.0.